The molecule has 0 saturated heterocycles. The molecule has 0 saturated carbocycles. The van der Waals surface area contributed by atoms with E-state index in [9.17, 15) is 18.0 Å². The normalized spacial score (nSPS) is 11.2. The first kappa shape index (κ1) is 20.2. The largest absolute Gasteiger partial charge is 0.454 e. The average molecular weight is 393 g/mol. The first-order valence-corrected chi connectivity index (χ1v) is 10.4. The van der Waals surface area contributed by atoms with Crippen LogP contribution in [0.25, 0.3) is 0 Å². The number of sulfonamides is 1. The van der Waals surface area contributed by atoms with Crippen molar-refractivity contribution in [3.8, 4) is 0 Å². The number of benzene rings is 2. The highest BCUT2D eigenvalue weighted by Crippen LogP contribution is 2.21. The fourth-order valence-corrected chi connectivity index (χ4v) is 3.60. The predicted octanol–water partition coefficient (Wildman–Crippen LogP) is 2.71. The Morgan fingerprint density at radius 2 is 1.69 bits per heavy atom. The lowest BCUT2D eigenvalue weighted by atomic mass is 10.1. The van der Waals surface area contributed by atoms with Crippen molar-refractivity contribution in [2.45, 2.75) is 23.6 Å². The standard InChI is InChI=1S/C18H19NO5S2/c1-11-8-14(9-17(12(11)2)26(19,22)23)18(21)24-10-16(20)13-4-6-15(25-3)7-5-13/h4-9H,10H2,1-3H3,(H2,19,22,23). The molecule has 2 aromatic carbocycles. The van der Waals surface area contributed by atoms with Gasteiger partial charge in [-0.25, -0.2) is 18.4 Å². The molecule has 0 bridgehead atoms. The SMILES string of the molecule is CSc1ccc(C(=O)COC(=O)c2cc(C)c(C)c(S(N)(=O)=O)c2)cc1. The molecule has 0 aliphatic rings. The highest BCUT2D eigenvalue weighted by molar-refractivity contribution is 7.98. The molecule has 0 radical (unpaired) electrons. The first-order chi connectivity index (χ1) is 12.1. The van der Waals surface area contributed by atoms with Crippen LogP contribution in [0.1, 0.15) is 31.8 Å². The van der Waals surface area contributed by atoms with Crippen LogP contribution in [0.5, 0.6) is 0 Å². The molecule has 2 aromatic rings. The van der Waals surface area contributed by atoms with Gasteiger partial charge in [0.15, 0.2) is 12.4 Å². The van der Waals surface area contributed by atoms with E-state index >= 15 is 0 Å². The van der Waals surface area contributed by atoms with Gasteiger partial charge in [-0.2, -0.15) is 0 Å². The molecule has 2 N–H and O–H groups in total. The van der Waals surface area contributed by atoms with Gasteiger partial charge in [-0.15, -0.1) is 11.8 Å². The molecule has 0 aromatic heterocycles. The number of Topliss-reactive ketones (excluding diaryl/α,β-unsaturated/α-hetero) is 1. The van der Waals surface area contributed by atoms with Crippen molar-refractivity contribution in [1.82, 2.24) is 0 Å². The molecule has 0 fully saturated rings. The van der Waals surface area contributed by atoms with E-state index in [0.717, 1.165) is 11.0 Å². The Kier molecular flexibility index (Phi) is 6.22. The van der Waals surface area contributed by atoms with Gasteiger partial charge >= 0.3 is 5.97 Å². The maximum absolute atomic E-state index is 12.2. The fourth-order valence-electron chi connectivity index (χ4n) is 2.32. The predicted molar refractivity (Wildman–Crippen MR) is 100 cm³/mol. The van der Waals surface area contributed by atoms with E-state index < -0.39 is 22.6 Å². The van der Waals surface area contributed by atoms with E-state index in [0.29, 0.717) is 16.7 Å². The number of hydrogen-bond acceptors (Lipinski definition) is 6. The smallest absolute Gasteiger partial charge is 0.338 e. The summed E-state index contributed by atoms with van der Waals surface area (Å²) in [5, 5.41) is 5.18. The van der Waals surface area contributed by atoms with Crippen LogP contribution in [0, 0.1) is 13.8 Å². The zero-order valence-electron chi connectivity index (χ0n) is 14.6. The molecule has 2 rings (SSSR count). The van der Waals surface area contributed by atoms with E-state index in [4.69, 9.17) is 9.88 Å². The van der Waals surface area contributed by atoms with Crippen molar-refractivity contribution in [2.24, 2.45) is 5.14 Å². The van der Waals surface area contributed by atoms with Gasteiger partial charge in [0.1, 0.15) is 0 Å². The maximum Gasteiger partial charge on any atom is 0.338 e. The summed E-state index contributed by atoms with van der Waals surface area (Å²) in [6, 6.07) is 9.61. The quantitative estimate of drug-likeness (QED) is 0.460. The van der Waals surface area contributed by atoms with Gasteiger partial charge < -0.3 is 4.74 Å². The lowest BCUT2D eigenvalue weighted by Gasteiger charge is -2.10. The van der Waals surface area contributed by atoms with Crippen molar-refractivity contribution in [3.05, 3.63) is 58.7 Å². The molecule has 0 aliphatic heterocycles. The molecule has 6 nitrogen and oxygen atoms in total. The van der Waals surface area contributed by atoms with Crippen molar-refractivity contribution in [2.75, 3.05) is 12.9 Å². The number of esters is 1. The summed E-state index contributed by atoms with van der Waals surface area (Å²) >= 11 is 1.55. The Balaban J connectivity index is 2.15. The summed E-state index contributed by atoms with van der Waals surface area (Å²) in [6.07, 6.45) is 1.93. The number of primary sulfonamides is 1. The van der Waals surface area contributed by atoms with Crippen LogP contribution < -0.4 is 5.14 Å². The van der Waals surface area contributed by atoms with Crippen LogP contribution >= 0.6 is 11.8 Å². The highest BCUT2D eigenvalue weighted by atomic mass is 32.2. The zero-order chi connectivity index (χ0) is 19.5. The zero-order valence-corrected chi connectivity index (χ0v) is 16.2. The van der Waals surface area contributed by atoms with E-state index in [-0.39, 0.29) is 16.2 Å². The van der Waals surface area contributed by atoms with E-state index in [2.05, 4.69) is 0 Å². The lowest BCUT2D eigenvalue weighted by molar-refractivity contribution is 0.0474. The number of ketones is 1. The number of ether oxygens (including phenoxy) is 1. The minimum atomic E-state index is -3.97. The van der Waals surface area contributed by atoms with Crippen LogP contribution in [-0.2, 0) is 14.8 Å². The summed E-state index contributed by atoms with van der Waals surface area (Å²) in [5.74, 6) is -1.13. The Hall–Kier alpha value is -2.16. The Bertz CT molecular complexity index is 950. The van der Waals surface area contributed by atoms with Crippen molar-refractivity contribution in [3.63, 3.8) is 0 Å². The third kappa shape index (κ3) is 4.72. The maximum atomic E-state index is 12.2. The Labute approximate surface area is 156 Å². The van der Waals surface area contributed by atoms with Crippen LogP contribution in [0.3, 0.4) is 0 Å². The molecule has 138 valence electrons. The number of nitrogens with two attached hydrogens (primary N) is 1. The minimum absolute atomic E-state index is 0.0302. The minimum Gasteiger partial charge on any atom is -0.454 e. The second-order valence-corrected chi connectivity index (χ2v) is 8.10. The number of hydrogen-bond donors (Lipinski definition) is 1. The monoisotopic (exact) mass is 393 g/mol. The van der Waals surface area contributed by atoms with Crippen LogP contribution in [0.2, 0.25) is 0 Å². The molecule has 0 atom stereocenters. The third-order valence-corrected chi connectivity index (χ3v) is 5.69. The molecular weight excluding hydrogens is 374 g/mol. The Morgan fingerprint density at radius 1 is 1.08 bits per heavy atom. The molecular formula is C18H19NO5S2. The molecule has 0 unspecified atom stereocenters. The Morgan fingerprint density at radius 3 is 2.23 bits per heavy atom. The third-order valence-electron chi connectivity index (χ3n) is 3.91. The first-order valence-electron chi connectivity index (χ1n) is 7.62. The number of aryl methyl sites for hydroxylation is 1. The second-order valence-electron chi connectivity index (χ2n) is 5.69. The summed E-state index contributed by atoms with van der Waals surface area (Å²) in [7, 11) is -3.97. The molecule has 0 heterocycles. The van der Waals surface area contributed by atoms with Gasteiger partial charge in [0.2, 0.25) is 10.0 Å². The lowest BCUT2D eigenvalue weighted by Crippen LogP contribution is -2.18. The highest BCUT2D eigenvalue weighted by Gasteiger charge is 2.19. The summed E-state index contributed by atoms with van der Waals surface area (Å²) < 4.78 is 28.3. The molecule has 8 heteroatoms. The van der Waals surface area contributed by atoms with Crippen LogP contribution in [0.15, 0.2) is 46.2 Å². The van der Waals surface area contributed by atoms with Crippen molar-refractivity contribution < 1.29 is 22.7 Å². The summed E-state index contributed by atoms with van der Waals surface area (Å²) in [6.45, 7) is 2.83. The average Bonchev–Trinajstić information content (AvgIpc) is 2.60. The van der Waals surface area contributed by atoms with Crippen LogP contribution in [0.4, 0.5) is 0 Å². The molecule has 0 amide bonds. The summed E-state index contributed by atoms with van der Waals surface area (Å²) in [4.78, 5) is 25.2. The molecule has 0 aliphatic carbocycles. The van der Waals surface area contributed by atoms with Crippen molar-refractivity contribution in [1.29, 1.82) is 0 Å². The second kappa shape index (κ2) is 8.03. The number of rotatable bonds is 6. The van der Waals surface area contributed by atoms with E-state index in [1.165, 1.54) is 6.07 Å². The number of carbonyl (C=O) groups excluding carboxylic acids is 2. The van der Waals surface area contributed by atoms with Crippen molar-refractivity contribution >= 4 is 33.5 Å². The molecule has 0 spiro atoms. The van der Waals surface area contributed by atoms with Gasteiger partial charge in [0.25, 0.3) is 0 Å². The van der Waals surface area contributed by atoms with E-state index in [1.807, 2.05) is 6.26 Å². The van der Waals surface area contributed by atoms with Gasteiger partial charge in [-0.1, -0.05) is 12.1 Å². The van der Waals surface area contributed by atoms with Gasteiger partial charge in [0, 0.05) is 10.5 Å². The van der Waals surface area contributed by atoms with Gasteiger partial charge in [-0.3, -0.25) is 4.79 Å². The molecule has 26 heavy (non-hydrogen) atoms. The topological polar surface area (TPSA) is 104 Å². The van der Waals surface area contributed by atoms with Gasteiger partial charge in [-0.05, 0) is 55.5 Å². The van der Waals surface area contributed by atoms with E-state index in [1.54, 1.807) is 49.9 Å². The number of carbonyl (C=O) groups is 2. The van der Waals surface area contributed by atoms with Crippen LogP contribution in [-0.4, -0.2) is 33.0 Å². The van der Waals surface area contributed by atoms with Gasteiger partial charge in [0.05, 0.1) is 10.5 Å². The fraction of sp³-hybridized carbons (Fsp3) is 0.222. The number of thioether (sulfide) groups is 1. The summed E-state index contributed by atoms with van der Waals surface area (Å²) in [5.41, 5.74) is 1.51.